The van der Waals surface area contributed by atoms with E-state index in [9.17, 15) is 18.4 Å². The molecule has 2 aromatic rings. The highest BCUT2D eigenvalue weighted by molar-refractivity contribution is 6.01. The van der Waals surface area contributed by atoms with Gasteiger partial charge in [0.1, 0.15) is 17.0 Å². The molecule has 0 bridgehead atoms. The number of amides is 2. The normalized spacial score (nSPS) is 20.3. The quantitative estimate of drug-likeness (QED) is 0.813. The first kappa shape index (κ1) is 17.8. The van der Waals surface area contributed by atoms with Gasteiger partial charge in [-0.05, 0) is 24.3 Å². The maximum Gasteiger partial charge on any atom is 0.270 e. The van der Waals surface area contributed by atoms with Crippen LogP contribution in [0.3, 0.4) is 0 Å². The minimum absolute atomic E-state index is 0.0437. The number of ether oxygens (including phenoxy) is 1. The van der Waals surface area contributed by atoms with Gasteiger partial charge >= 0.3 is 0 Å². The van der Waals surface area contributed by atoms with Crippen molar-refractivity contribution in [1.29, 1.82) is 0 Å². The number of primary amides is 1. The summed E-state index contributed by atoms with van der Waals surface area (Å²) in [6.45, 7) is 0.0437. The summed E-state index contributed by atoms with van der Waals surface area (Å²) in [5.41, 5.74) is 5.84. The average Bonchev–Trinajstić information content (AvgIpc) is 2.89. The summed E-state index contributed by atoms with van der Waals surface area (Å²) in [5, 5.41) is 7.08. The Hall–Kier alpha value is -2.62. The van der Waals surface area contributed by atoms with Crippen molar-refractivity contribution in [3.63, 3.8) is 0 Å². The van der Waals surface area contributed by atoms with Gasteiger partial charge in [-0.15, -0.1) is 0 Å². The number of nitrogens with one attached hydrogen (secondary N) is 1. The molecule has 4 rings (SSSR count). The highest BCUT2D eigenvalue weighted by Crippen LogP contribution is 2.62. The van der Waals surface area contributed by atoms with Crippen molar-refractivity contribution >= 4 is 17.5 Å². The number of methoxy groups -OCH3 is 1. The lowest BCUT2D eigenvalue weighted by Gasteiger charge is -2.57. The van der Waals surface area contributed by atoms with Crippen LogP contribution < -0.4 is 11.1 Å². The highest BCUT2D eigenvalue weighted by Gasteiger charge is 2.62. The summed E-state index contributed by atoms with van der Waals surface area (Å²) in [4.78, 5) is 28.5. The number of carbonyl (C=O) groups is 2. The monoisotopic (exact) mass is 379 g/mol. The first-order chi connectivity index (χ1) is 12.7. The number of nitrogens with two attached hydrogens (primary N) is 1. The van der Waals surface area contributed by atoms with Gasteiger partial charge in [0, 0.05) is 32.2 Å². The van der Waals surface area contributed by atoms with Crippen LogP contribution in [-0.2, 0) is 11.3 Å². The lowest BCUT2D eigenvalue weighted by atomic mass is 9.52. The Morgan fingerprint density at radius 2 is 2.11 bits per heavy atom. The topological polar surface area (TPSA) is 112 Å². The van der Waals surface area contributed by atoms with Gasteiger partial charge in [-0.2, -0.15) is 5.10 Å². The summed E-state index contributed by atoms with van der Waals surface area (Å²) < 4.78 is 32.5. The Labute approximate surface area is 153 Å². The van der Waals surface area contributed by atoms with Crippen LogP contribution in [0.5, 0.6) is 0 Å². The largest absolute Gasteiger partial charge is 0.378 e. The van der Waals surface area contributed by atoms with Crippen LogP contribution in [-0.4, -0.2) is 45.5 Å². The molecular weight excluding hydrogens is 360 g/mol. The molecule has 0 saturated heterocycles. The molecule has 2 aromatic heterocycles. The maximum atomic E-state index is 13.1. The van der Waals surface area contributed by atoms with Crippen LogP contribution >= 0.6 is 0 Å². The van der Waals surface area contributed by atoms with Crippen molar-refractivity contribution in [2.45, 2.75) is 44.3 Å². The zero-order valence-electron chi connectivity index (χ0n) is 14.7. The van der Waals surface area contributed by atoms with Crippen LogP contribution in [0.2, 0.25) is 0 Å². The number of hydrogen-bond acceptors (Lipinski definition) is 5. The smallest absolute Gasteiger partial charge is 0.270 e. The molecule has 2 aliphatic carbocycles. The standard InChI is InChI=1S/C17H19F2N5O3/c1-27-6-10-12(13(20)25)14-21-3-2-11(24(14)23-10)15(26)22-9-4-16(5-9)7-17(18,19)8-16/h2-3,9H,4-8H2,1H3,(H2,20,25)(H,22,26). The van der Waals surface area contributed by atoms with Gasteiger partial charge < -0.3 is 15.8 Å². The van der Waals surface area contributed by atoms with Crippen LogP contribution in [0, 0.1) is 5.41 Å². The summed E-state index contributed by atoms with van der Waals surface area (Å²) >= 11 is 0. The molecule has 2 heterocycles. The molecule has 8 nitrogen and oxygen atoms in total. The second-order valence-corrected chi connectivity index (χ2v) is 7.47. The molecule has 1 spiro atoms. The van der Waals surface area contributed by atoms with E-state index in [-0.39, 0.29) is 53.5 Å². The lowest BCUT2D eigenvalue weighted by molar-refractivity contribution is -0.197. The van der Waals surface area contributed by atoms with E-state index in [4.69, 9.17) is 10.5 Å². The molecule has 10 heteroatoms. The SMILES string of the molecule is COCc1nn2c(C(=O)NC3CC4(C3)CC(F)(F)C4)ccnc2c1C(N)=O. The fraction of sp³-hybridized carbons (Fsp3) is 0.529. The van der Waals surface area contributed by atoms with Crippen molar-refractivity contribution in [1.82, 2.24) is 19.9 Å². The molecule has 0 unspecified atom stereocenters. The van der Waals surface area contributed by atoms with Gasteiger partial charge in [0.05, 0.1) is 6.61 Å². The van der Waals surface area contributed by atoms with Crippen molar-refractivity contribution in [2.75, 3.05) is 7.11 Å². The molecule has 144 valence electrons. The summed E-state index contributed by atoms with van der Waals surface area (Å²) in [6.07, 6.45) is 2.27. The molecule has 2 saturated carbocycles. The molecule has 0 aliphatic heterocycles. The van der Waals surface area contributed by atoms with E-state index in [1.54, 1.807) is 0 Å². The van der Waals surface area contributed by atoms with E-state index in [0.717, 1.165) is 0 Å². The number of carbonyl (C=O) groups excluding carboxylic acids is 2. The fourth-order valence-electron chi connectivity index (χ4n) is 4.33. The van der Waals surface area contributed by atoms with E-state index in [2.05, 4.69) is 15.4 Å². The molecule has 0 radical (unpaired) electrons. The average molecular weight is 379 g/mol. The minimum Gasteiger partial charge on any atom is -0.378 e. The molecule has 3 N–H and O–H groups in total. The Balaban J connectivity index is 1.54. The van der Waals surface area contributed by atoms with Crippen LogP contribution in [0.15, 0.2) is 12.3 Å². The number of aromatic nitrogens is 3. The van der Waals surface area contributed by atoms with E-state index in [0.29, 0.717) is 12.8 Å². The van der Waals surface area contributed by atoms with Gasteiger partial charge in [-0.3, -0.25) is 9.59 Å². The lowest BCUT2D eigenvalue weighted by Crippen LogP contribution is -2.60. The van der Waals surface area contributed by atoms with E-state index in [1.807, 2.05) is 0 Å². The van der Waals surface area contributed by atoms with Gasteiger partial charge in [0.2, 0.25) is 5.92 Å². The Morgan fingerprint density at radius 1 is 1.41 bits per heavy atom. The fourth-order valence-corrected chi connectivity index (χ4v) is 4.33. The number of hydrogen-bond donors (Lipinski definition) is 2. The molecule has 2 amide bonds. The maximum absolute atomic E-state index is 13.1. The number of alkyl halides is 2. The number of fused-ring (bicyclic) bond motifs is 1. The van der Waals surface area contributed by atoms with Crippen LogP contribution in [0.25, 0.3) is 5.65 Å². The predicted octanol–water partition coefficient (Wildman–Crippen LogP) is 1.28. The van der Waals surface area contributed by atoms with E-state index >= 15 is 0 Å². The molecule has 0 aromatic carbocycles. The summed E-state index contributed by atoms with van der Waals surface area (Å²) in [6, 6.07) is 1.32. The first-order valence-electron chi connectivity index (χ1n) is 8.58. The number of nitrogens with zero attached hydrogens (tertiary/aromatic N) is 3. The van der Waals surface area contributed by atoms with Gasteiger partial charge in [-0.25, -0.2) is 18.3 Å². The first-order valence-corrected chi connectivity index (χ1v) is 8.58. The molecule has 2 aliphatic rings. The zero-order chi connectivity index (χ0) is 19.4. The zero-order valence-corrected chi connectivity index (χ0v) is 14.7. The van der Waals surface area contributed by atoms with Crippen molar-refractivity contribution in [3.05, 3.63) is 29.2 Å². The molecule has 0 atom stereocenters. The summed E-state index contributed by atoms with van der Waals surface area (Å²) in [7, 11) is 1.45. The van der Waals surface area contributed by atoms with Crippen LogP contribution in [0.4, 0.5) is 8.78 Å². The van der Waals surface area contributed by atoms with Gasteiger partial charge in [0.15, 0.2) is 5.65 Å². The van der Waals surface area contributed by atoms with Crippen molar-refractivity contribution in [2.24, 2.45) is 11.1 Å². The highest BCUT2D eigenvalue weighted by atomic mass is 19.3. The second kappa shape index (κ2) is 5.95. The van der Waals surface area contributed by atoms with Gasteiger partial charge in [-0.1, -0.05) is 0 Å². The Bertz CT molecular complexity index is 926. The summed E-state index contributed by atoms with van der Waals surface area (Å²) in [5.74, 6) is -3.69. The van der Waals surface area contributed by atoms with Crippen molar-refractivity contribution in [3.8, 4) is 0 Å². The third-order valence-electron chi connectivity index (χ3n) is 5.31. The van der Waals surface area contributed by atoms with Crippen LogP contribution in [0.1, 0.15) is 52.2 Å². The second-order valence-electron chi connectivity index (χ2n) is 7.47. The van der Waals surface area contributed by atoms with E-state index < -0.39 is 17.7 Å². The third kappa shape index (κ3) is 2.93. The van der Waals surface area contributed by atoms with E-state index in [1.165, 1.54) is 23.9 Å². The number of rotatable bonds is 5. The number of halogens is 2. The van der Waals surface area contributed by atoms with Gasteiger partial charge in [0.25, 0.3) is 11.8 Å². The molecule has 27 heavy (non-hydrogen) atoms. The predicted molar refractivity (Wildman–Crippen MR) is 89.3 cm³/mol. The minimum atomic E-state index is -2.57. The molecule has 2 fully saturated rings. The molecular formula is C17H19F2N5O3. The Kier molecular flexibility index (Phi) is 3.91. The Morgan fingerprint density at radius 3 is 2.70 bits per heavy atom. The third-order valence-corrected chi connectivity index (χ3v) is 5.31. The van der Waals surface area contributed by atoms with Crippen molar-refractivity contribution < 1.29 is 23.1 Å².